The van der Waals surface area contributed by atoms with Crippen molar-refractivity contribution >= 4 is 78.8 Å². The first kappa shape index (κ1) is 30.6. The fraction of sp³-hybridized carbons (Fsp3) is 0.0750. The molecule has 0 unspecified atom stereocenters. The summed E-state index contributed by atoms with van der Waals surface area (Å²) < 4.78 is 5.69. The van der Waals surface area contributed by atoms with Crippen molar-refractivity contribution in [2.24, 2.45) is 0 Å². The van der Waals surface area contributed by atoms with Gasteiger partial charge < -0.3 is 0 Å². The maximum absolute atomic E-state index is 7.12. The van der Waals surface area contributed by atoms with Crippen LogP contribution in [0, 0.1) is 0 Å². The van der Waals surface area contributed by atoms with Crippen molar-refractivity contribution in [3.8, 4) is 19.3 Å². The van der Waals surface area contributed by atoms with Gasteiger partial charge >= 0.3 is 293 Å². The molecule has 0 N–H and O–H groups in total. The standard InChI is InChI=1S/C40H30ClS2Se2/c41-40-32(20-18-28-24-36(30-10-3-1-4-11-30)44-38(26-28)34-16-8-22-42-34)14-7-15-33(40)21-19-29-25-37(31-12-5-2-6-13-31)45-39(27-29)35-17-9-23-43-35/h1-6,8-13,16-27H,7,14-15H2/q+1. The first-order valence-electron chi connectivity index (χ1n) is 15.0. The van der Waals surface area contributed by atoms with Gasteiger partial charge in [-0.3, -0.25) is 0 Å². The van der Waals surface area contributed by atoms with E-state index < -0.39 is 0 Å². The third kappa shape index (κ3) is 7.51. The van der Waals surface area contributed by atoms with Crippen molar-refractivity contribution in [1.29, 1.82) is 0 Å². The molecule has 2 aliphatic rings. The van der Waals surface area contributed by atoms with Gasteiger partial charge in [0.15, 0.2) is 0 Å². The van der Waals surface area contributed by atoms with Crippen LogP contribution in [0.5, 0.6) is 0 Å². The molecule has 4 heterocycles. The van der Waals surface area contributed by atoms with Crippen LogP contribution in [-0.2, 0) is 0 Å². The first-order chi connectivity index (χ1) is 22.2. The summed E-state index contributed by atoms with van der Waals surface area (Å²) in [7, 11) is 0. The van der Waals surface area contributed by atoms with Gasteiger partial charge in [0, 0.05) is 0 Å². The monoisotopic (exact) mass is 769 g/mol. The third-order valence-corrected chi connectivity index (χ3v) is 15.3. The van der Waals surface area contributed by atoms with Crippen molar-refractivity contribution in [2.75, 3.05) is 0 Å². The van der Waals surface area contributed by atoms with Crippen LogP contribution in [0.15, 0.2) is 160 Å². The summed E-state index contributed by atoms with van der Waals surface area (Å²) in [5.74, 6) is 0. The van der Waals surface area contributed by atoms with Crippen molar-refractivity contribution < 1.29 is 0 Å². The third-order valence-electron chi connectivity index (χ3n) is 7.69. The van der Waals surface area contributed by atoms with E-state index in [-0.39, 0.29) is 29.5 Å². The number of rotatable bonds is 7. The molecule has 7 rings (SSSR count). The second-order valence-corrected chi connectivity index (χ2v) is 17.6. The fourth-order valence-electron chi connectivity index (χ4n) is 5.41. The molecular formula is C40H30ClS2Se2+. The summed E-state index contributed by atoms with van der Waals surface area (Å²) in [5.41, 5.74) is 7.52. The Labute approximate surface area is 291 Å². The molecule has 5 heteroatoms. The molecule has 220 valence electrons. The van der Waals surface area contributed by atoms with Crippen molar-refractivity contribution in [3.05, 3.63) is 176 Å². The van der Waals surface area contributed by atoms with Crippen molar-refractivity contribution in [2.45, 2.75) is 19.3 Å². The molecule has 0 fully saturated rings. The average Bonchev–Trinajstić information content (AvgIpc) is 3.84. The summed E-state index contributed by atoms with van der Waals surface area (Å²) in [6.07, 6.45) is 16.9. The van der Waals surface area contributed by atoms with Gasteiger partial charge in [-0.2, -0.15) is 0 Å². The second-order valence-electron chi connectivity index (χ2n) is 10.8. The number of benzene rings is 2. The van der Waals surface area contributed by atoms with E-state index in [9.17, 15) is 0 Å². The van der Waals surface area contributed by atoms with Gasteiger partial charge in [-0.25, -0.2) is 0 Å². The summed E-state index contributed by atoms with van der Waals surface area (Å²) in [5, 5.41) is 5.24. The zero-order valence-electron chi connectivity index (χ0n) is 24.5. The molecule has 0 amide bonds. The number of thiophene rings is 2. The number of hydrogen-bond donors (Lipinski definition) is 0. The SMILES string of the molecule is ClC1=C(/C=C/c2cc(-c3ccccc3)[se+]c(-c3cccs3)c2)CCC/C1=C\C=C1/C=C(c2ccccc2)[Se]C(c2cccs2)=C1. The van der Waals surface area contributed by atoms with E-state index in [1.807, 2.05) is 22.7 Å². The minimum absolute atomic E-state index is 0.265. The number of halogens is 1. The summed E-state index contributed by atoms with van der Waals surface area (Å²) in [4.78, 5) is 2.72. The van der Waals surface area contributed by atoms with Gasteiger partial charge in [-0.15, -0.1) is 0 Å². The van der Waals surface area contributed by atoms with E-state index in [0.29, 0.717) is 0 Å². The van der Waals surface area contributed by atoms with Crippen LogP contribution in [0.25, 0.3) is 34.3 Å². The Bertz CT molecular complexity index is 1980. The molecule has 45 heavy (non-hydrogen) atoms. The molecule has 0 saturated carbocycles. The molecule has 2 aromatic carbocycles. The maximum atomic E-state index is 7.12. The molecule has 0 atom stereocenters. The van der Waals surface area contributed by atoms with Gasteiger partial charge in [0.05, 0.1) is 0 Å². The van der Waals surface area contributed by atoms with E-state index in [2.05, 4.69) is 144 Å². The number of allylic oxidation sites excluding steroid dienone is 9. The van der Waals surface area contributed by atoms with E-state index in [4.69, 9.17) is 11.6 Å². The van der Waals surface area contributed by atoms with Gasteiger partial charge in [-0.05, 0) is 0 Å². The van der Waals surface area contributed by atoms with Crippen molar-refractivity contribution in [3.63, 3.8) is 0 Å². The molecule has 5 aromatic rings. The average molecular weight is 768 g/mol. The Morgan fingerprint density at radius 1 is 0.667 bits per heavy atom. The second kappa shape index (κ2) is 14.6. The molecule has 1 aliphatic carbocycles. The Morgan fingerprint density at radius 2 is 1.36 bits per heavy atom. The fourth-order valence-corrected chi connectivity index (χ4v) is 12.4. The van der Waals surface area contributed by atoms with Crippen LogP contribution in [0.4, 0.5) is 0 Å². The normalized spacial score (nSPS) is 17.3. The Morgan fingerprint density at radius 3 is 2.09 bits per heavy atom. The van der Waals surface area contributed by atoms with Crippen LogP contribution < -0.4 is 0 Å². The number of hydrogen-bond acceptors (Lipinski definition) is 2. The van der Waals surface area contributed by atoms with E-state index in [1.54, 1.807) is 0 Å². The topological polar surface area (TPSA) is 0 Å². The first-order valence-corrected chi connectivity index (χ1v) is 20.5. The van der Waals surface area contributed by atoms with Gasteiger partial charge in [0.2, 0.25) is 0 Å². The van der Waals surface area contributed by atoms with Crippen LogP contribution >= 0.6 is 34.3 Å². The van der Waals surface area contributed by atoms with Crippen LogP contribution in [0.1, 0.15) is 35.3 Å². The minimum atomic E-state index is 0.265. The Hall–Kier alpha value is -3.04. The molecule has 0 saturated heterocycles. The predicted molar refractivity (Wildman–Crippen MR) is 201 cm³/mol. The van der Waals surface area contributed by atoms with Gasteiger partial charge in [-0.1, -0.05) is 0 Å². The molecule has 3 aromatic heterocycles. The molecule has 0 nitrogen and oxygen atoms in total. The van der Waals surface area contributed by atoms with Gasteiger partial charge in [0.1, 0.15) is 0 Å². The molecule has 0 spiro atoms. The quantitative estimate of drug-likeness (QED) is 0.145. The van der Waals surface area contributed by atoms with E-state index >= 15 is 0 Å². The Balaban J connectivity index is 1.20. The summed E-state index contributed by atoms with van der Waals surface area (Å²) in [6.45, 7) is 0. The zero-order chi connectivity index (χ0) is 30.4. The zero-order valence-corrected chi connectivity index (χ0v) is 30.3. The Kier molecular flexibility index (Phi) is 9.92. The predicted octanol–water partition coefficient (Wildman–Crippen LogP) is 11.8. The van der Waals surface area contributed by atoms with Crippen LogP contribution in [0.3, 0.4) is 0 Å². The van der Waals surface area contributed by atoms with Gasteiger partial charge in [0.25, 0.3) is 0 Å². The summed E-state index contributed by atoms with van der Waals surface area (Å²) >= 11 is 11.3. The van der Waals surface area contributed by atoms with Crippen molar-refractivity contribution in [1.82, 2.24) is 0 Å². The molecule has 0 radical (unpaired) electrons. The van der Waals surface area contributed by atoms with E-state index in [0.717, 1.165) is 24.3 Å². The summed E-state index contributed by atoms with van der Waals surface area (Å²) in [6, 6.07) is 35.1. The van der Waals surface area contributed by atoms with Crippen LogP contribution in [0.2, 0.25) is 0 Å². The van der Waals surface area contributed by atoms with E-state index in [1.165, 1.54) is 61.0 Å². The van der Waals surface area contributed by atoms with Crippen LogP contribution in [-0.4, -0.2) is 29.5 Å². The molecular weight excluding hydrogens is 738 g/mol. The molecule has 0 bridgehead atoms. The molecule has 1 aliphatic heterocycles.